The van der Waals surface area contributed by atoms with Gasteiger partial charge in [0.2, 0.25) is 0 Å². The van der Waals surface area contributed by atoms with Crippen molar-refractivity contribution in [2.45, 2.75) is 58.7 Å². The minimum absolute atomic E-state index is 0.376. The van der Waals surface area contributed by atoms with Crippen molar-refractivity contribution in [3.8, 4) is 0 Å². The van der Waals surface area contributed by atoms with Crippen LogP contribution in [0.4, 0.5) is 0 Å². The Labute approximate surface area is 110 Å². The van der Waals surface area contributed by atoms with Gasteiger partial charge in [-0.05, 0) is 24.2 Å². The van der Waals surface area contributed by atoms with Gasteiger partial charge in [0.1, 0.15) is 5.78 Å². The molecule has 3 nitrogen and oxygen atoms in total. The number of Topliss-reactive ketones (excluding diaryl/α,β-unsaturated/α-hetero) is 1. The van der Waals surface area contributed by atoms with Crippen molar-refractivity contribution in [1.29, 1.82) is 0 Å². The fourth-order valence-electron chi connectivity index (χ4n) is 3.42. The zero-order valence-electron chi connectivity index (χ0n) is 11.9. The van der Waals surface area contributed by atoms with Gasteiger partial charge in [-0.25, -0.2) is 0 Å². The summed E-state index contributed by atoms with van der Waals surface area (Å²) in [4.78, 5) is 11.4. The van der Waals surface area contributed by atoms with E-state index in [0.717, 1.165) is 32.1 Å². The van der Waals surface area contributed by atoms with E-state index in [1.807, 2.05) is 0 Å². The molecule has 18 heavy (non-hydrogen) atoms. The van der Waals surface area contributed by atoms with Gasteiger partial charge in [-0.15, -0.1) is 0 Å². The van der Waals surface area contributed by atoms with Crippen molar-refractivity contribution < 1.29 is 14.3 Å². The molecule has 0 spiro atoms. The monoisotopic (exact) mass is 254 g/mol. The molecule has 0 aromatic rings. The van der Waals surface area contributed by atoms with Gasteiger partial charge in [0.15, 0.2) is 5.79 Å². The summed E-state index contributed by atoms with van der Waals surface area (Å²) in [5.41, 5.74) is 0. The fourth-order valence-corrected chi connectivity index (χ4v) is 3.42. The first-order valence-electron chi connectivity index (χ1n) is 7.30. The Morgan fingerprint density at radius 3 is 2.39 bits per heavy atom. The van der Waals surface area contributed by atoms with Crippen molar-refractivity contribution in [3.05, 3.63) is 0 Å². The molecule has 1 aliphatic carbocycles. The number of ketones is 1. The summed E-state index contributed by atoms with van der Waals surface area (Å²) in [7, 11) is 0. The Morgan fingerprint density at radius 2 is 1.89 bits per heavy atom. The number of ether oxygens (including phenoxy) is 2. The van der Waals surface area contributed by atoms with Gasteiger partial charge in [0, 0.05) is 25.7 Å². The van der Waals surface area contributed by atoms with Crippen LogP contribution in [0, 0.1) is 17.8 Å². The Morgan fingerprint density at radius 1 is 1.22 bits per heavy atom. The molecule has 0 amide bonds. The van der Waals surface area contributed by atoms with Crippen LogP contribution in [0.5, 0.6) is 0 Å². The Balaban J connectivity index is 1.94. The largest absolute Gasteiger partial charge is 0.348 e. The first kappa shape index (κ1) is 14.0. The van der Waals surface area contributed by atoms with Crippen molar-refractivity contribution >= 4 is 5.78 Å². The van der Waals surface area contributed by atoms with E-state index in [4.69, 9.17) is 9.47 Å². The molecule has 0 bridgehead atoms. The Hall–Kier alpha value is -0.410. The minimum Gasteiger partial charge on any atom is -0.348 e. The normalized spacial score (nSPS) is 29.1. The molecular weight excluding hydrogens is 228 g/mol. The highest BCUT2D eigenvalue weighted by molar-refractivity contribution is 5.80. The van der Waals surface area contributed by atoms with Crippen molar-refractivity contribution in [2.24, 2.45) is 17.8 Å². The van der Waals surface area contributed by atoms with Crippen molar-refractivity contribution in [1.82, 2.24) is 0 Å². The predicted molar refractivity (Wildman–Crippen MR) is 70.2 cm³/mol. The van der Waals surface area contributed by atoms with Gasteiger partial charge in [-0.3, -0.25) is 4.79 Å². The summed E-state index contributed by atoms with van der Waals surface area (Å²) < 4.78 is 11.8. The third-order valence-corrected chi connectivity index (χ3v) is 4.25. The van der Waals surface area contributed by atoms with Crippen LogP contribution in [0.1, 0.15) is 52.9 Å². The lowest BCUT2D eigenvalue weighted by molar-refractivity contribution is -0.182. The highest BCUT2D eigenvalue weighted by atomic mass is 16.7. The number of carbonyl (C=O) groups excluding carboxylic acids is 1. The number of carbonyl (C=O) groups is 1. The number of hydrogen-bond donors (Lipinski definition) is 0. The van der Waals surface area contributed by atoms with Crippen LogP contribution in [-0.4, -0.2) is 24.8 Å². The summed E-state index contributed by atoms with van der Waals surface area (Å²) in [6.07, 6.45) is 4.48. The number of rotatable bonds is 5. The van der Waals surface area contributed by atoms with Crippen molar-refractivity contribution in [2.75, 3.05) is 13.2 Å². The second-order valence-corrected chi connectivity index (χ2v) is 6.43. The molecule has 1 aliphatic heterocycles. The summed E-state index contributed by atoms with van der Waals surface area (Å²) in [6.45, 7) is 8.08. The van der Waals surface area contributed by atoms with Crippen LogP contribution >= 0.6 is 0 Å². The zero-order chi connectivity index (χ0) is 13.2. The molecule has 0 aromatic heterocycles. The molecule has 0 aromatic carbocycles. The molecule has 0 unspecified atom stereocenters. The molecule has 0 radical (unpaired) electrons. The molecule has 1 saturated heterocycles. The lowest BCUT2D eigenvalue weighted by atomic mass is 9.84. The highest BCUT2D eigenvalue weighted by Crippen LogP contribution is 2.39. The van der Waals surface area contributed by atoms with Gasteiger partial charge < -0.3 is 9.47 Å². The molecule has 2 fully saturated rings. The van der Waals surface area contributed by atoms with Gasteiger partial charge in [-0.2, -0.15) is 0 Å². The van der Waals surface area contributed by atoms with Gasteiger partial charge in [0.25, 0.3) is 0 Å². The average molecular weight is 254 g/mol. The lowest BCUT2D eigenvalue weighted by Gasteiger charge is -2.33. The third-order valence-electron chi connectivity index (χ3n) is 4.25. The van der Waals surface area contributed by atoms with Crippen LogP contribution in [0.15, 0.2) is 0 Å². The van der Waals surface area contributed by atoms with E-state index in [2.05, 4.69) is 20.8 Å². The van der Waals surface area contributed by atoms with Crippen molar-refractivity contribution in [3.63, 3.8) is 0 Å². The second kappa shape index (κ2) is 5.70. The van der Waals surface area contributed by atoms with Gasteiger partial charge in [-0.1, -0.05) is 20.8 Å². The molecule has 104 valence electrons. The van der Waals surface area contributed by atoms with Gasteiger partial charge >= 0.3 is 0 Å². The molecule has 2 rings (SSSR count). The molecule has 1 heterocycles. The van der Waals surface area contributed by atoms with E-state index in [1.54, 1.807) is 0 Å². The summed E-state index contributed by atoms with van der Waals surface area (Å²) in [5.74, 6) is 1.67. The van der Waals surface area contributed by atoms with Gasteiger partial charge in [0.05, 0.1) is 13.2 Å². The lowest BCUT2D eigenvalue weighted by Crippen LogP contribution is -2.35. The molecule has 1 saturated carbocycles. The van der Waals surface area contributed by atoms with Crippen LogP contribution < -0.4 is 0 Å². The standard InChI is InChI=1S/C15H26O3/c1-11(2)9-15(17-6-7-18-15)10-12(3)13-4-5-14(16)8-13/h11-13H,4-10H2,1-3H3/t12-,13+/m0/s1. The summed E-state index contributed by atoms with van der Waals surface area (Å²) >= 11 is 0. The van der Waals surface area contributed by atoms with Crippen LogP contribution in [0.25, 0.3) is 0 Å². The summed E-state index contributed by atoms with van der Waals surface area (Å²) in [6, 6.07) is 0. The predicted octanol–water partition coefficient (Wildman–Crippen LogP) is 3.17. The van der Waals surface area contributed by atoms with E-state index in [0.29, 0.717) is 36.8 Å². The third kappa shape index (κ3) is 3.33. The fraction of sp³-hybridized carbons (Fsp3) is 0.933. The first-order valence-corrected chi connectivity index (χ1v) is 7.30. The number of hydrogen-bond acceptors (Lipinski definition) is 3. The van der Waals surface area contributed by atoms with E-state index in [9.17, 15) is 4.79 Å². The van der Waals surface area contributed by atoms with E-state index in [1.165, 1.54) is 0 Å². The molecule has 2 aliphatic rings. The smallest absolute Gasteiger partial charge is 0.169 e. The molecule has 2 atom stereocenters. The topological polar surface area (TPSA) is 35.5 Å². The van der Waals surface area contributed by atoms with Crippen LogP contribution in [0.2, 0.25) is 0 Å². The highest BCUT2D eigenvalue weighted by Gasteiger charge is 2.40. The quantitative estimate of drug-likeness (QED) is 0.756. The maximum atomic E-state index is 11.4. The Kier molecular flexibility index (Phi) is 4.44. The second-order valence-electron chi connectivity index (χ2n) is 6.43. The first-order chi connectivity index (χ1) is 8.51. The molecule has 3 heteroatoms. The van der Waals surface area contributed by atoms with E-state index >= 15 is 0 Å². The average Bonchev–Trinajstić information content (AvgIpc) is 2.87. The van der Waals surface area contributed by atoms with Crippen LogP contribution in [0.3, 0.4) is 0 Å². The summed E-state index contributed by atoms with van der Waals surface area (Å²) in [5, 5.41) is 0. The molecule has 0 N–H and O–H groups in total. The van der Waals surface area contributed by atoms with E-state index in [-0.39, 0.29) is 5.79 Å². The maximum Gasteiger partial charge on any atom is 0.169 e. The Bertz CT molecular complexity index is 292. The molecular formula is C15H26O3. The van der Waals surface area contributed by atoms with E-state index < -0.39 is 0 Å². The maximum absolute atomic E-state index is 11.4. The zero-order valence-corrected chi connectivity index (χ0v) is 11.9. The minimum atomic E-state index is -0.376. The van der Waals surface area contributed by atoms with Crippen LogP contribution in [-0.2, 0) is 14.3 Å². The SMILES string of the molecule is CC(C)CC1(C[C@H](C)[C@@H]2CCC(=O)C2)OCCO1.